The van der Waals surface area contributed by atoms with Crippen LogP contribution in [-0.2, 0) is 0 Å². The van der Waals surface area contributed by atoms with E-state index >= 15 is 4.39 Å². The predicted octanol–water partition coefficient (Wildman–Crippen LogP) is 5.02. The van der Waals surface area contributed by atoms with Crippen molar-refractivity contribution >= 4 is 28.4 Å². The van der Waals surface area contributed by atoms with E-state index in [4.69, 9.17) is 0 Å². The van der Waals surface area contributed by atoms with Crippen LogP contribution in [0.25, 0.3) is 11.0 Å². The second kappa shape index (κ2) is 9.47. The summed E-state index contributed by atoms with van der Waals surface area (Å²) in [5, 5.41) is 13.5. The predicted molar refractivity (Wildman–Crippen MR) is 139 cm³/mol. The summed E-state index contributed by atoms with van der Waals surface area (Å²) in [5.41, 5.74) is 1.76. The maximum Gasteiger partial charge on any atom is 0.252 e. The van der Waals surface area contributed by atoms with Gasteiger partial charge in [0, 0.05) is 42.5 Å². The minimum atomic E-state index is -0.360. The van der Waals surface area contributed by atoms with Crippen molar-refractivity contribution in [3.05, 3.63) is 52.7 Å². The number of nitrogens with zero attached hydrogens (tertiary/aromatic N) is 4. The highest BCUT2D eigenvalue weighted by molar-refractivity contribution is 5.76. The Morgan fingerprint density at radius 3 is 2.67 bits per heavy atom. The SMILES string of the molecule is C[C@H](O)CC1CCN(c2ccc(Nc3ncc4ccc(=O)n([C@@H]5CC6CCC5C6)c4n3)c(F)c2)CC1. The average molecular weight is 492 g/mol. The molecule has 1 saturated heterocycles. The summed E-state index contributed by atoms with van der Waals surface area (Å²) >= 11 is 0. The number of piperidine rings is 1. The number of aromatic nitrogens is 3. The minimum Gasteiger partial charge on any atom is -0.393 e. The van der Waals surface area contributed by atoms with Crippen LogP contribution in [0, 0.1) is 23.6 Å². The van der Waals surface area contributed by atoms with Crippen LogP contribution in [0.15, 0.2) is 41.3 Å². The van der Waals surface area contributed by atoms with E-state index < -0.39 is 0 Å². The Morgan fingerprint density at radius 1 is 1.14 bits per heavy atom. The number of anilines is 3. The highest BCUT2D eigenvalue weighted by Crippen LogP contribution is 2.50. The fraction of sp³-hybridized carbons (Fsp3) is 0.536. The third-order valence-electron chi connectivity index (χ3n) is 8.55. The number of aliphatic hydroxyl groups excluding tert-OH is 1. The smallest absolute Gasteiger partial charge is 0.252 e. The standard InChI is InChI=1S/C28H34FN5O2/c1-17(35)12-18-8-10-33(11-9-18)22-5-6-24(23(29)15-22)31-28-30-16-21-4-7-26(36)34(27(21)32-28)25-14-19-2-3-20(25)13-19/h4-7,15-20,25,35H,2-3,8-14H2,1H3,(H,30,31,32)/t17-,19?,20?,25+/m0/s1. The van der Waals surface area contributed by atoms with Crippen LogP contribution in [0.3, 0.4) is 0 Å². The van der Waals surface area contributed by atoms with Crippen LogP contribution in [0.2, 0.25) is 0 Å². The molecule has 0 amide bonds. The number of benzene rings is 1. The number of hydrogen-bond acceptors (Lipinski definition) is 6. The topological polar surface area (TPSA) is 83.3 Å². The highest BCUT2D eigenvalue weighted by Gasteiger charge is 2.41. The summed E-state index contributed by atoms with van der Waals surface area (Å²) in [6, 6.07) is 8.77. The summed E-state index contributed by atoms with van der Waals surface area (Å²) < 4.78 is 17.0. The van der Waals surface area contributed by atoms with Gasteiger partial charge < -0.3 is 15.3 Å². The zero-order valence-corrected chi connectivity index (χ0v) is 20.7. The van der Waals surface area contributed by atoms with Crippen molar-refractivity contribution in [2.75, 3.05) is 23.3 Å². The first-order chi connectivity index (χ1) is 17.4. The van der Waals surface area contributed by atoms with Crippen LogP contribution in [-0.4, -0.2) is 38.8 Å². The summed E-state index contributed by atoms with van der Waals surface area (Å²) in [6.07, 6.45) is 8.92. The van der Waals surface area contributed by atoms with E-state index in [9.17, 15) is 9.90 Å². The highest BCUT2D eigenvalue weighted by atomic mass is 19.1. The lowest BCUT2D eigenvalue weighted by Crippen LogP contribution is -2.34. The van der Waals surface area contributed by atoms with Gasteiger partial charge in [-0.1, -0.05) is 6.42 Å². The Labute approximate surface area is 210 Å². The number of hydrogen-bond donors (Lipinski definition) is 2. The van der Waals surface area contributed by atoms with Crippen LogP contribution >= 0.6 is 0 Å². The van der Waals surface area contributed by atoms with Gasteiger partial charge in [-0.05, 0) is 87.5 Å². The van der Waals surface area contributed by atoms with Gasteiger partial charge in [-0.25, -0.2) is 9.37 Å². The number of nitrogens with one attached hydrogen (secondary N) is 1. The third-order valence-corrected chi connectivity index (χ3v) is 8.55. The van der Waals surface area contributed by atoms with Crippen molar-refractivity contribution in [1.82, 2.24) is 14.5 Å². The van der Waals surface area contributed by atoms with E-state index in [-0.39, 0.29) is 29.5 Å². The monoisotopic (exact) mass is 491 g/mol. The Balaban J connectivity index is 1.21. The number of rotatable bonds is 6. The molecule has 6 rings (SSSR count). The van der Waals surface area contributed by atoms with Crippen LogP contribution < -0.4 is 15.8 Å². The Hall–Kier alpha value is -3.00. The molecule has 3 aromatic rings. The van der Waals surface area contributed by atoms with E-state index in [1.165, 1.54) is 19.3 Å². The van der Waals surface area contributed by atoms with Crippen molar-refractivity contribution in [2.45, 2.75) is 64.0 Å². The quantitative estimate of drug-likeness (QED) is 0.504. The number of halogens is 1. The summed E-state index contributed by atoms with van der Waals surface area (Å²) in [6.45, 7) is 3.56. The van der Waals surface area contributed by atoms with Gasteiger partial charge in [0.15, 0.2) is 0 Å². The second-order valence-electron chi connectivity index (χ2n) is 11.1. The lowest BCUT2D eigenvalue weighted by atomic mass is 9.91. The van der Waals surface area contributed by atoms with Gasteiger partial charge in [0.1, 0.15) is 11.5 Å². The van der Waals surface area contributed by atoms with Crippen molar-refractivity contribution in [3.8, 4) is 0 Å². The van der Waals surface area contributed by atoms with Gasteiger partial charge in [0.2, 0.25) is 5.95 Å². The average Bonchev–Trinajstić information content (AvgIpc) is 3.49. The zero-order chi connectivity index (χ0) is 24.8. The number of fused-ring (bicyclic) bond motifs is 3. The molecule has 3 heterocycles. The lowest BCUT2D eigenvalue weighted by Gasteiger charge is -2.34. The van der Waals surface area contributed by atoms with Crippen molar-refractivity contribution in [3.63, 3.8) is 0 Å². The van der Waals surface area contributed by atoms with Gasteiger partial charge in [-0.2, -0.15) is 4.98 Å². The molecule has 2 saturated carbocycles. The van der Waals surface area contributed by atoms with Gasteiger partial charge >= 0.3 is 0 Å². The number of pyridine rings is 1. The first-order valence-corrected chi connectivity index (χ1v) is 13.3. The van der Waals surface area contributed by atoms with Gasteiger partial charge in [0.25, 0.3) is 5.56 Å². The molecule has 1 aromatic carbocycles. The summed E-state index contributed by atoms with van der Waals surface area (Å²) in [7, 11) is 0. The third kappa shape index (κ3) is 4.47. The molecule has 3 aliphatic rings. The molecule has 8 heteroatoms. The van der Waals surface area contributed by atoms with E-state index in [2.05, 4.69) is 20.2 Å². The van der Waals surface area contributed by atoms with Crippen LogP contribution in [0.5, 0.6) is 0 Å². The van der Waals surface area contributed by atoms with Crippen LogP contribution in [0.4, 0.5) is 21.7 Å². The summed E-state index contributed by atoms with van der Waals surface area (Å²) in [4.78, 5) is 24.2. The largest absolute Gasteiger partial charge is 0.393 e. The molecule has 3 fully saturated rings. The molecular formula is C28H34FN5O2. The maximum absolute atomic E-state index is 15.1. The molecule has 4 atom stereocenters. The molecule has 36 heavy (non-hydrogen) atoms. The minimum absolute atomic E-state index is 0.0301. The molecule has 2 unspecified atom stereocenters. The molecule has 7 nitrogen and oxygen atoms in total. The fourth-order valence-electron chi connectivity index (χ4n) is 6.78. The van der Waals surface area contributed by atoms with Crippen molar-refractivity contribution < 1.29 is 9.50 Å². The molecular weight excluding hydrogens is 457 g/mol. The summed E-state index contributed by atoms with van der Waals surface area (Å²) in [5.74, 6) is 1.69. The molecule has 1 aliphatic heterocycles. The Bertz CT molecular complexity index is 1320. The molecule has 2 aromatic heterocycles. The molecule has 2 N–H and O–H groups in total. The van der Waals surface area contributed by atoms with Crippen molar-refractivity contribution in [2.24, 2.45) is 17.8 Å². The van der Waals surface area contributed by atoms with Gasteiger partial charge in [-0.15, -0.1) is 0 Å². The first kappa shape index (κ1) is 23.4. The molecule has 0 spiro atoms. The van der Waals surface area contributed by atoms with Crippen molar-refractivity contribution in [1.29, 1.82) is 0 Å². The zero-order valence-electron chi connectivity index (χ0n) is 20.7. The van der Waals surface area contributed by atoms with E-state index in [1.807, 2.05) is 17.6 Å². The first-order valence-electron chi connectivity index (χ1n) is 13.3. The van der Waals surface area contributed by atoms with E-state index in [1.54, 1.807) is 30.5 Å². The van der Waals surface area contributed by atoms with E-state index in [0.717, 1.165) is 49.8 Å². The maximum atomic E-state index is 15.1. The Kier molecular flexibility index (Phi) is 6.15. The molecule has 2 aliphatic carbocycles. The number of aliphatic hydroxyl groups is 1. The second-order valence-corrected chi connectivity index (χ2v) is 11.1. The van der Waals surface area contributed by atoms with Gasteiger partial charge in [0.05, 0.1) is 11.8 Å². The lowest BCUT2D eigenvalue weighted by molar-refractivity contribution is 0.152. The van der Waals surface area contributed by atoms with Crippen LogP contribution in [0.1, 0.15) is 57.9 Å². The molecule has 2 bridgehead atoms. The normalized spacial score (nSPS) is 25.0. The van der Waals surface area contributed by atoms with E-state index in [0.29, 0.717) is 29.1 Å². The Morgan fingerprint density at radius 2 is 1.97 bits per heavy atom. The van der Waals surface area contributed by atoms with Gasteiger partial charge in [-0.3, -0.25) is 9.36 Å². The molecule has 190 valence electrons. The molecule has 0 radical (unpaired) electrons. The fourth-order valence-corrected chi connectivity index (χ4v) is 6.78.